The molecule has 0 spiro atoms. The third-order valence-electron chi connectivity index (χ3n) is 4.30. The highest BCUT2D eigenvalue weighted by Gasteiger charge is 2.23. The molecule has 0 radical (unpaired) electrons. The van der Waals surface area contributed by atoms with Gasteiger partial charge in [0, 0.05) is 31.4 Å². The lowest BCUT2D eigenvalue weighted by Gasteiger charge is -2.35. The molecule has 2 rings (SSSR count). The summed E-state index contributed by atoms with van der Waals surface area (Å²) in [4.78, 5) is 6.98. The Morgan fingerprint density at radius 3 is 2.57 bits per heavy atom. The molecule has 0 atom stereocenters. The number of nitrogens with zero attached hydrogens (tertiary/aromatic N) is 2. The Labute approximate surface area is 130 Å². The number of pyridine rings is 1. The fraction of sp³-hybridized carbons (Fsp3) is 0.722. The van der Waals surface area contributed by atoms with E-state index in [1.165, 1.54) is 36.9 Å². The van der Waals surface area contributed by atoms with Gasteiger partial charge in [-0.15, -0.1) is 0 Å². The third kappa shape index (κ3) is 4.70. The topological polar surface area (TPSA) is 28.2 Å². The maximum absolute atomic E-state index is 4.40. The fourth-order valence-electron chi connectivity index (χ4n) is 2.93. The van der Waals surface area contributed by atoms with E-state index in [1.54, 1.807) is 0 Å². The molecule has 1 N–H and O–H groups in total. The SMILES string of the molecule is CCC(CC)N(CC(C)C)c1cnccc1CNC1CC1. The van der Waals surface area contributed by atoms with E-state index in [2.05, 4.69) is 55.2 Å². The summed E-state index contributed by atoms with van der Waals surface area (Å²) in [6, 6.07) is 3.54. The second kappa shape index (κ2) is 7.79. The van der Waals surface area contributed by atoms with Gasteiger partial charge in [0.15, 0.2) is 0 Å². The van der Waals surface area contributed by atoms with Crippen molar-refractivity contribution in [2.24, 2.45) is 5.92 Å². The molecule has 1 aromatic rings. The molecule has 1 aromatic heterocycles. The van der Waals surface area contributed by atoms with Crippen LogP contribution in [-0.4, -0.2) is 23.6 Å². The normalized spacial score (nSPS) is 15.0. The van der Waals surface area contributed by atoms with Gasteiger partial charge in [-0.05, 0) is 43.2 Å². The smallest absolute Gasteiger partial charge is 0.0600 e. The van der Waals surface area contributed by atoms with Crippen molar-refractivity contribution in [2.45, 2.75) is 72.0 Å². The van der Waals surface area contributed by atoms with E-state index < -0.39 is 0 Å². The minimum Gasteiger partial charge on any atom is -0.367 e. The third-order valence-corrected chi connectivity index (χ3v) is 4.30. The number of rotatable bonds is 9. The Bertz CT molecular complexity index is 422. The first-order chi connectivity index (χ1) is 10.2. The molecule has 118 valence electrons. The number of hydrogen-bond donors (Lipinski definition) is 1. The van der Waals surface area contributed by atoms with Crippen LogP contribution in [0.25, 0.3) is 0 Å². The van der Waals surface area contributed by atoms with Gasteiger partial charge in [-0.3, -0.25) is 4.98 Å². The summed E-state index contributed by atoms with van der Waals surface area (Å²) in [6.07, 6.45) is 9.03. The standard InChI is InChI=1S/C18H31N3/c1-5-17(6-2)21(13-14(3)4)18-12-19-10-9-15(18)11-20-16-7-8-16/h9-10,12,14,16-17,20H,5-8,11,13H2,1-4H3. The van der Waals surface area contributed by atoms with Crippen molar-refractivity contribution < 1.29 is 0 Å². The van der Waals surface area contributed by atoms with Crippen molar-refractivity contribution in [3.05, 3.63) is 24.0 Å². The predicted molar refractivity (Wildman–Crippen MR) is 90.7 cm³/mol. The van der Waals surface area contributed by atoms with Crippen LogP contribution in [-0.2, 0) is 6.54 Å². The average Bonchev–Trinajstić information content (AvgIpc) is 3.29. The molecule has 1 fully saturated rings. The molecule has 0 amide bonds. The molecule has 21 heavy (non-hydrogen) atoms. The second-order valence-corrected chi connectivity index (χ2v) is 6.68. The fourth-order valence-corrected chi connectivity index (χ4v) is 2.93. The number of aromatic nitrogens is 1. The van der Waals surface area contributed by atoms with Crippen LogP contribution in [0.1, 0.15) is 58.9 Å². The van der Waals surface area contributed by atoms with Crippen LogP contribution in [0.15, 0.2) is 18.5 Å². The van der Waals surface area contributed by atoms with Crippen LogP contribution in [0.4, 0.5) is 5.69 Å². The number of anilines is 1. The monoisotopic (exact) mass is 289 g/mol. The zero-order valence-electron chi connectivity index (χ0n) is 14.1. The first kappa shape index (κ1) is 16.3. The molecule has 0 aliphatic heterocycles. The highest BCUT2D eigenvalue weighted by molar-refractivity contribution is 5.52. The molecule has 1 heterocycles. The van der Waals surface area contributed by atoms with E-state index in [1.807, 2.05) is 6.20 Å². The average molecular weight is 289 g/mol. The van der Waals surface area contributed by atoms with Gasteiger partial charge >= 0.3 is 0 Å². The van der Waals surface area contributed by atoms with Gasteiger partial charge in [0.1, 0.15) is 0 Å². The quantitative estimate of drug-likeness (QED) is 0.745. The van der Waals surface area contributed by atoms with Crippen LogP contribution in [0, 0.1) is 5.92 Å². The minimum atomic E-state index is 0.608. The predicted octanol–water partition coefficient (Wildman–Crippen LogP) is 3.98. The Morgan fingerprint density at radius 1 is 1.29 bits per heavy atom. The Morgan fingerprint density at radius 2 is 2.00 bits per heavy atom. The summed E-state index contributed by atoms with van der Waals surface area (Å²) in [5.41, 5.74) is 2.72. The molecule has 3 heteroatoms. The van der Waals surface area contributed by atoms with Gasteiger partial charge in [0.2, 0.25) is 0 Å². The maximum Gasteiger partial charge on any atom is 0.0600 e. The number of hydrogen-bond acceptors (Lipinski definition) is 3. The summed E-state index contributed by atoms with van der Waals surface area (Å²) in [5.74, 6) is 0.662. The van der Waals surface area contributed by atoms with Crippen LogP contribution < -0.4 is 10.2 Å². The van der Waals surface area contributed by atoms with E-state index in [-0.39, 0.29) is 0 Å². The molecule has 0 unspecified atom stereocenters. The molecule has 3 nitrogen and oxygen atoms in total. The Kier molecular flexibility index (Phi) is 6.04. The second-order valence-electron chi connectivity index (χ2n) is 6.68. The van der Waals surface area contributed by atoms with Crippen molar-refractivity contribution >= 4 is 5.69 Å². The van der Waals surface area contributed by atoms with Gasteiger partial charge in [-0.2, -0.15) is 0 Å². The molecule has 0 saturated heterocycles. The minimum absolute atomic E-state index is 0.608. The Hall–Kier alpha value is -1.09. The van der Waals surface area contributed by atoms with Gasteiger partial charge < -0.3 is 10.2 Å². The van der Waals surface area contributed by atoms with Gasteiger partial charge in [0.25, 0.3) is 0 Å². The molecule has 0 bridgehead atoms. The zero-order valence-corrected chi connectivity index (χ0v) is 14.1. The van der Waals surface area contributed by atoms with Crippen LogP contribution >= 0.6 is 0 Å². The maximum atomic E-state index is 4.40. The largest absolute Gasteiger partial charge is 0.367 e. The zero-order chi connectivity index (χ0) is 15.2. The Balaban J connectivity index is 2.19. The van der Waals surface area contributed by atoms with Crippen molar-refractivity contribution in [3.63, 3.8) is 0 Å². The summed E-state index contributed by atoms with van der Waals surface area (Å²) >= 11 is 0. The van der Waals surface area contributed by atoms with E-state index in [0.29, 0.717) is 12.0 Å². The first-order valence-corrected chi connectivity index (χ1v) is 8.58. The lowest BCUT2D eigenvalue weighted by Crippen LogP contribution is -2.38. The highest BCUT2D eigenvalue weighted by atomic mass is 15.2. The van der Waals surface area contributed by atoms with Gasteiger partial charge in [-0.1, -0.05) is 27.7 Å². The molecule has 1 aliphatic rings. The molecule has 0 aromatic carbocycles. The van der Waals surface area contributed by atoms with Crippen molar-refractivity contribution in [1.82, 2.24) is 10.3 Å². The van der Waals surface area contributed by atoms with E-state index >= 15 is 0 Å². The summed E-state index contributed by atoms with van der Waals surface area (Å²) in [6.45, 7) is 11.3. The van der Waals surface area contributed by atoms with Crippen molar-refractivity contribution in [1.29, 1.82) is 0 Å². The van der Waals surface area contributed by atoms with Crippen molar-refractivity contribution in [3.8, 4) is 0 Å². The van der Waals surface area contributed by atoms with E-state index in [0.717, 1.165) is 19.1 Å². The number of nitrogens with one attached hydrogen (secondary N) is 1. The van der Waals surface area contributed by atoms with Crippen molar-refractivity contribution in [2.75, 3.05) is 11.4 Å². The molecular formula is C18H31N3. The van der Waals surface area contributed by atoms with Gasteiger partial charge in [0.05, 0.1) is 11.9 Å². The lowest BCUT2D eigenvalue weighted by atomic mass is 10.0. The van der Waals surface area contributed by atoms with E-state index in [4.69, 9.17) is 0 Å². The first-order valence-electron chi connectivity index (χ1n) is 8.58. The lowest BCUT2D eigenvalue weighted by molar-refractivity contribution is 0.504. The molecule has 1 saturated carbocycles. The molecular weight excluding hydrogens is 258 g/mol. The van der Waals surface area contributed by atoms with E-state index in [9.17, 15) is 0 Å². The van der Waals surface area contributed by atoms with Gasteiger partial charge in [-0.25, -0.2) is 0 Å². The van der Waals surface area contributed by atoms with Crippen LogP contribution in [0.2, 0.25) is 0 Å². The van der Waals surface area contributed by atoms with Crippen LogP contribution in [0.3, 0.4) is 0 Å². The van der Waals surface area contributed by atoms with Crippen LogP contribution in [0.5, 0.6) is 0 Å². The highest BCUT2D eigenvalue weighted by Crippen LogP contribution is 2.26. The summed E-state index contributed by atoms with van der Waals surface area (Å²) in [7, 11) is 0. The summed E-state index contributed by atoms with van der Waals surface area (Å²) in [5, 5.41) is 3.64. The summed E-state index contributed by atoms with van der Waals surface area (Å²) < 4.78 is 0. The molecule has 1 aliphatic carbocycles.